The van der Waals surface area contributed by atoms with Crippen molar-refractivity contribution in [2.24, 2.45) is 0 Å². The van der Waals surface area contributed by atoms with Crippen LogP contribution in [0.25, 0.3) is 16.5 Å². The molecule has 2 aromatic rings. The van der Waals surface area contributed by atoms with Gasteiger partial charge in [-0.15, -0.1) is 0 Å². The second-order valence-corrected chi connectivity index (χ2v) is 4.01. The Bertz CT molecular complexity index is 646. The average Bonchev–Trinajstić information content (AvgIpc) is 2.33. The molecule has 2 aromatic carbocycles. The van der Waals surface area contributed by atoms with Gasteiger partial charge in [0.25, 0.3) is 0 Å². The molecule has 0 aromatic heterocycles. The lowest BCUT2D eigenvalue weighted by Crippen LogP contribution is -2.10. The predicted molar refractivity (Wildman–Crippen MR) is 63.5 cm³/mol. The van der Waals surface area contributed by atoms with Crippen LogP contribution >= 0.6 is 0 Å². The molecule has 1 aliphatic carbocycles. The van der Waals surface area contributed by atoms with Gasteiger partial charge in [-0.05, 0) is 12.3 Å². The Morgan fingerprint density at radius 3 is 2.31 bits per heavy atom. The smallest absolute Gasteiger partial charge is 0.193 e. The lowest BCUT2D eigenvalue weighted by molar-refractivity contribution is 0.103. The van der Waals surface area contributed by atoms with Crippen LogP contribution in [0.5, 0.6) is 0 Å². The van der Waals surface area contributed by atoms with Gasteiger partial charge in [0.05, 0.1) is 0 Å². The molecule has 0 spiro atoms. The summed E-state index contributed by atoms with van der Waals surface area (Å²) >= 11 is 0. The second-order valence-electron chi connectivity index (χ2n) is 4.01. The van der Waals surface area contributed by atoms with E-state index >= 15 is 0 Å². The van der Waals surface area contributed by atoms with E-state index in [2.05, 4.69) is 0 Å². The summed E-state index contributed by atoms with van der Waals surface area (Å²) < 4.78 is 0. The van der Waals surface area contributed by atoms with Crippen LogP contribution in [0, 0.1) is 0 Å². The molecule has 0 aliphatic heterocycles. The van der Waals surface area contributed by atoms with Crippen molar-refractivity contribution in [2.45, 2.75) is 6.92 Å². The summed E-state index contributed by atoms with van der Waals surface area (Å²) in [5.41, 5.74) is 1.86. The maximum Gasteiger partial charge on any atom is 0.193 e. The number of hydrogen-bond donors (Lipinski definition) is 1. The molecule has 0 unspecified atom stereocenters. The summed E-state index contributed by atoms with van der Waals surface area (Å²) in [5, 5.41) is 11.8. The summed E-state index contributed by atoms with van der Waals surface area (Å²) in [5.74, 6) is 0.0242. The highest BCUT2D eigenvalue weighted by atomic mass is 16.3. The third kappa shape index (κ3) is 0.986. The van der Waals surface area contributed by atoms with Gasteiger partial charge in [-0.25, -0.2) is 0 Å². The Balaban J connectivity index is 2.57. The van der Waals surface area contributed by atoms with Gasteiger partial charge < -0.3 is 5.11 Å². The Morgan fingerprint density at radius 1 is 1.00 bits per heavy atom. The molecule has 1 N–H and O–H groups in total. The third-order valence-electron chi connectivity index (χ3n) is 3.10. The summed E-state index contributed by atoms with van der Waals surface area (Å²) in [6.45, 7) is 1.66. The first-order chi connectivity index (χ1) is 7.70. The zero-order valence-electron chi connectivity index (χ0n) is 8.82. The Morgan fingerprint density at radius 2 is 1.62 bits per heavy atom. The fourth-order valence-electron chi connectivity index (χ4n) is 2.24. The SMILES string of the molecule is CC1=C(O)c2cccc3cccc(c23)C1=O. The molecule has 3 rings (SSSR count). The minimum atomic E-state index is -0.0817. The van der Waals surface area contributed by atoms with Gasteiger partial charge in [0.15, 0.2) is 5.78 Å². The van der Waals surface area contributed by atoms with Crippen LogP contribution < -0.4 is 0 Å². The molecule has 0 fully saturated rings. The topological polar surface area (TPSA) is 37.3 Å². The van der Waals surface area contributed by atoms with Crippen molar-refractivity contribution in [2.75, 3.05) is 0 Å². The Kier molecular flexibility index (Phi) is 1.69. The minimum Gasteiger partial charge on any atom is -0.507 e. The van der Waals surface area contributed by atoms with Gasteiger partial charge in [0, 0.05) is 22.1 Å². The summed E-state index contributed by atoms with van der Waals surface area (Å²) in [6, 6.07) is 11.3. The van der Waals surface area contributed by atoms with E-state index in [1.807, 2.05) is 36.4 Å². The first-order valence-corrected chi connectivity index (χ1v) is 5.17. The molecule has 0 heterocycles. The van der Waals surface area contributed by atoms with Crippen molar-refractivity contribution in [1.29, 1.82) is 0 Å². The minimum absolute atomic E-state index is 0.0817. The molecule has 16 heavy (non-hydrogen) atoms. The average molecular weight is 210 g/mol. The molecule has 2 heteroatoms. The normalized spacial score (nSPS) is 14.7. The van der Waals surface area contributed by atoms with Crippen molar-refractivity contribution in [3.8, 4) is 0 Å². The number of hydrogen-bond acceptors (Lipinski definition) is 2. The molecule has 0 saturated carbocycles. The maximum atomic E-state index is 12.0. The van der Waals surface area contributed by atoms with Gasteiger partial charge in [-0.3, -0.25) is 4.79 Å². The number of carbonyl (C=O) groups is 1. The van der Waals surface area contributed by atoms with E-state index in [4.69, 9.17) is 0 Å². The monoisotopic (exact) mass is 210 g/mol. The Hall–Kier alpha value is -2.09. The van der Waals surface area contributed by atoms with Crippen LogP contribution in [0.1, 0.15) is 22.8 Å². The van der Waals surface area contributed by atoms with Crippen molar-refractivity contribution in [3.05, 3.63) is 53.1 Å². The summed E-state index contributed by atoms with van der Waals surface area (Å²) in [4.78, 5) is 12.0. The van der Waals surface area contributed by atoms with Gasteiger partial charge in [-0.1, -0.05) is 36.4 Å². The molecule has 0 saturated heterocycles. The quantitative estimate of drug-likeness (QED) is 0.724. The van der Waals surface area contributed by atoms with E-state index in [9.17, 15) is 9.90 Å². The maximum absolute atomic E-state index is 12.0. The van der Waals surface area contributed by atoms with E-state index in [1.54, 1.807) is 6.92 Å². The zero-order chi connectivity index (χ0) is 11.3. The molecule has 0 atom stereocenters. The van der Waals surface area contributed by atoms with E-state index in [-0.39, 0.29) is 11.5 Å². The number of aliphatic hydroxyl groups is 1. The summed E-state index contributed by atoms with van der Waals surface area (Å²) in [7, 11) is 0. The van der Waals surface area contributed by atoms with Crippen LogP contribution in [-0.4, -0.2) is 10.9 Å². The summed E-state index contributed by atoms with van der Waals surface area (Å²) in [6.07, 6.45) is 0. The standard InChI is InChI=1S/C14H10O2/c1-8-13(15)10-6-2-4-9-5-3-7-11(12(9)10)14(8)16/h2-7,15H,1H3. The number of allylic oxidation sites excluding steroid dienone is 1. The predicted octanol–water partition coefficient (Wildman–Crippen LogP) is 3.33. The van der Waals surface area contributed by atoms with Gasteiger partial charge in [0.2, 0.25) is 0 Å². The van der Waals surface area contributed by atoms with E-state index in [0.717, 1.165) is 16.3 Å². The van der Waals surface area contributed by atoms with Gasteiger partial charge >= 0.3 is 0 Å². The van der Waals surface area contributed by atoms with Crippen molar-refractivity contribution < 1.29 is 9.90 Å². The third-order valence-corrected chi connectivity index (χ3v) is 3.10. The molecule has 0 amide bonds. The highest BCUT2D eigenvalue weighted by molar-refractivity contribution is 6.23. The highest BCUT2D eigenvalue weighted by Gasteiger charge is 2.24. The lowest BCUT2D eigenvalue weighted by Gasteiger charge is -2.17. The number of Topliss-reactive ketones (excluding diaryl/α,β-unsaturated/α-hetero) is 1. The first kappa shape index (κ1) is 9.16. The second kappa shape index (κ2) is 2.95. The van der Waals surface area contributed by atoms with Crippen molar-refractivity contribution in [1.82, 2.24) is 0 Å². The van der Waals surface area contributed by atoms with Crippen LogP contribution in [0.15, 0.2) is 42.0 Å². The lowest BCUT2D eigenvalue weighted by atomic mass is 9.87. The van der Waals surface area contributed by atoms with E-state index in [0.29, 0.717) is 11.1 Å². The molecule has 78 valence electrons. The molecular formula is C14H10O2. The van der Waals surface area contributed by atoms with Crippen molar-refractivity contribution >= 4 is 22.3 Å². The van der Waals surface area contributed by atoms with Crippen LogP contribution in [0.4, 0.5) is 0 Å². The van der Waals surface area contributed by atoms with Gasteiger partial charge in [0.1, 0.15) is 5.76 Å². The number of carbonyl (C=O) groups excluding carboxylic acids is 1. The van der Waals surface area contributed by atoms with Gasteiger partial charge in [-0.2, -0.15) is 0 Å². The number of rotatable bonds is 0. The van der Waals surface area contributed by atoms with Crippen LogP contribution in [0.2, 0.25) is 0 Å². The van der Waals surface area contributed by atoms with Crippen LogP contribution in [0.3, 0.4) is 0 Å². The molecule has 0 bridgehead atoms. The van der Waals surface area contributed by atoms with Crippen LogP contribution in [-0.2, 0) is 0 Å². The van der Waals surface area contributed by atoms with E-state index < -0.39 is 0 Å². The largest absolute Gasteiger partial charge is 0.507 e. The van der Waals surface area contributed by atoms with Crippen molar-refractivity contribution in [3.63, 3.8) is 0 Å². The Labute approximate surface area is 92.8 Å². The number of benzene rings is 2. The number of ketones is 1. The molecule has 0 radical (unpaired) electrons. The fraction of sp³-hybridized carbons (Fsp3) is 0.0714. The molecule has 1 aliphatic rings. The fourth-order valence-corrected chi connectivity index (χ4v) is 2.24. The first-order valence-electron chi connectivity index (χ1n) is 5.17. The zero-order valence-corrected chi connectivity index (χ0v) is 8.82. The molecular weight excluding hydrogens is 200 g/mol. The van der Waals surface area contributed by atoms with E-state index in [1.165, 1.54) is 0 Å². The molecule has 2 nitrogen and oxygen atoms in total. The number of aliphatic hydroxyl groups excluding tert-OH is 1. The highest BCUT2D eigenvalue weighted by Crippen LogP contribution is 2.34.